The standard InChI is InChI=1S/C13H13NO.C8H15N3O2/c1-10-2-5-13(8-14-10)12-6-3-11(9-15)4-7-12;1-5(2)3-6(8(12)13)4-7(9)11-10/h2-8,15H,9H2,1H3;5-6,9-10H,3-4H2,1-2H3,(H,12,13)/t;6-/m.0/s1. The molecule has 4 N–H and O–H groups in total. The summed E-state index contributed by atoms with van der Waals surface area (Å²) in [5.41, 5.74) is 10.7. The van der Waals surface area contributed by atoms with E-state index in [2.05, 4.69) is 16.2 Å². The van der Waals surface area contributed by atoms with Gasteiger partial charge in [0.05, 0.1) is 12.5 Å². The number of carboxylic acid groups (broad SMARTS) is 1. The monoisotopic (exact) mass is 384 g/mol. The van der Waals surface area contributed by atoms with Crippen LogP contribution in [0, 0.1) is 29.7 Å². The molecule has 150 valence electrons. The molecule has 0 unspecified atom stereocenters. The van der Waals surface area contributed by atoms with Gasteiger partial charge < -0.3 is 10.2 Å². The number of benzene rings is 1. The Hall–Kier alpha value is -2.93. The number of aliphatic hydroxyl groups is 1. The van der Waals surface area contributed by atoms with E-state index < -0.39 is 11.9 Å². The summed E-state index contributed by atoms with van der Waals surface area (Å²) in [5, 5.41) is 27.7. The van der Waals surface area contributed by atoms with Gasteiger partial charge in [0.25, 0.3) is 0 Å². The highest BCUT2D eigenvalue weighted by atomic mass is 16.4. The van der Waals surface area contributed by atoms with Gasteiger partial charge in [-0.3, -0.25) is 15.2 Å². The number of rotatable bonds is 7. The van der Waals surface area contributed by atoms with Crippen LogP contribution in [0.15, 0.2) is 47.7 Å². The van der Waals surface area contributed by atoms with Gasteiger partial charge in [-0.15, -0.1) is 5.11 Å². The maximum absolute atomic E-state index is 10.7. The molecule has 0 aliphatic carbocycles. The number of nitrogens with zero attached hydrogens (tertiary/aromatic N) is 2. The van der Waals surface area contributed by atoms with Gasteiger partial charge in [-0.25, -0.2) is 5.53 Å². The summed E-state index contributed by atoms with van der Waals surface area (Å²) in [4.78, 5) is 14.9. The topological polar surface area (TPSA) is 130 Å². The van der Waals surface area contributed by atoms with Crippen molar-refractivity contribution in [3.63, 3.8) is 0 Å². The van der Waals surface area contributed by atoms with Gasteiger partial charge in [0, 0.05) is 23.9 Å². The number of nitrogens with one attached hydrogen (secondary N) is 2. The van der Waals surface area contributed by atoms with Crippen LogP contribution in [0.4, 0.5) is 0 Å². The third-order valence-corrected chi connectivity index (χ3v) is 4.06. The Morgan fingerprint density at radius 1 is 1.14 bits per heavy atom. The normalized spacial score (nSPS) is 11.3. The van der Waals surface area contributed by atoms with E-state index in [1.807, 2.05) is 57.3 Å². The molecule has 0 fully saturated rings. The van der Waals surface area contributed by atoms with Crippen molar-refractivity contribution in [1.29, 1.82) is 10.9 Å². The summed E-state index contributed by atoms with van der Waals surface area (Å²) < 4.78 is 0. The Morgan fingerprint density at radius 3 is 2.18 bits per heavy atom. The Balaban J connectivity index is 0.000000284. The van der Waals surface area contributed by atoms with Gasteiger partial charge in [-0.2, -0.15) is 0 Å². The molecule has 28 heavy (non-hydrogen) atoms. The number of amidine groups is 1. The fourth-order valence-electron chi connectivity index (χ4n) is 2.56. The SMILES string of the molecule is CC(C)C[C@@H](CC(=N)N=N)C(=O)O.Cc1ccc(-c2ccc(CO)cc2)cn1. The number of carboxylic acids is 1. The fourth-order valence-corrected chi connectivity index (χ4v) is 2.56. The van der Waals surface area contributed by atoms with Crippen LogP contribution < -0.4 is 0 Å². The molecule has 1 aromatic heterocycles. The van der Waals surface area contributed by atoms with E-state index in [1.165, 1.54) is 0 Å². The lowest BCUT2D eigenvalue weighted by Gasteiger charge is -2.12. The van der Waals surface area contributed by atoms with Crippen LogP contribution in [-0.4, -0.2) is 27.0 Å². The minimum absolute atomic E-state index is 0.0526. The number of aryl methyl sites for hydroxylation is 1. The van der Waals surface area contributed by atoms with Crippen molar-refractivity contribution >= 4 is 11.8 Å². The van der Waals surface area contributed by atoms with Gasteiger partial charge >= 0.3 is 5.97 Å². The van der Waals surface area contributed by atoms with Gasteiger partial charge in [-0.1, -0.05) is 44.2 Å². The molecule has 0 saturated heterocycles. The number of aromatic nitrogens is 1. The summed E-state index contributed by atoms with van der Waals surface area (Å²) in [7, 11) is 0. The van der Waals surface area contributed by atoms with Crippen molar-refractivity contribution in [2.24, 2.45) is 17.0 Å². The van der Waals surface area contributed by atoms with Crippen LogP contribution in [0.3, 0.4) is 0 Å². The average Bonchev–Trinajstić information content (AvgIpc) is 2.68. The molecule has 0 aliphatic rings. The predicted octanol–water partition coefficient (Wildman–Crippen LogP) is 4.68. The molecule has 0 amide bonds. The zero-order valence-electron chi connectivity index (χ0n) is 16.5. The molecule has 0 spiro atoms. The van der Waals surface area contributed by atoms with Crippen molar-refractivity contribution < 1.29 is 15.0 Å². The molecule has 0 radical (unpaired) electrons. The number of aliphatic carboxylic acids is 1. The van der Waals surface area contributed by atoms with E-state index in [0.29, 0.717) is 6.42 Å². The lowest BCUT2D eigenvalue weighted by Crippen LogP contribution is -2.18. The van der Waals surface area contributed by atoms with Crippen molar-refractivity contribution in [1.82, 2.24) is 4.98 Å². The van der Waals surface area contributed by atoms with Crippen LogP contribution in [0.25, 0.3) is 11.1 Å². The molecule has 2 rings (SSSR count). The second-order valence-corrected chi connectivity index (χ2v) is 6.97. The summed E-state index contributed by atoms with van der Waals surface area (Å²) in [6, 6.07) is 11.9. The molecule has 0 aliphatic heterocycles. The van der Waals surface area contributed by atoms with E-state index >= 15 is 0 Å². The van der Waals surface area contributed by atoms with Crippen molar-refractivity contribution in [3.05, 3.63) is 53.9 Å². The molecule has 7 heteroatoms. The number of carbonyl (C=O) groups is 1. The van der Waals surface area contributed by atoms with E-state index in [9.17, 15) is 4.79 Å². The number of aliphatic hydroxyl groups excluding tert-OH is 1. The highest BCUT2D eigenvalue weighted by molar-refractivity contribution is 5.84. The first kappa shape index (κ1) is 23.1. The lowest BCUT2D eigenvalue weighted by atomic mass is 9.94. The minimum atomic E-state index is -0.915. The zero-order valence-corrected chi connectivity index (χ0v) is 16.5. The average molecular weight is 384 g/mol. The first-order valence-electron chi connectivity index (χ1n) is 9.07. The lowest BCUT2D eigenvalue weighted by molar-refractivity contribution is -0.142. The highest BCUT2D eigenvalue weighted by Crippen LogP contribution is 2.19. The van der Waals surface area contributed by atoms with E-state index in [0.717, 1.165) is 22.4 Å². The van der Waals surface area contributed by atoms with E-state index in [-0.39, 0.29) is 24.8 Å². The molecular formula is C21H28N4O3. The summed E-state index contributed by atoms with van der Waals surface area (Å²) in [6.45, 7) is 5.92. The second-order valence-electron chi connectivity index (χ2n) is 6.97. The maximum Gasteiger partial charge on any atom is 0.306 e. The second kappa shape index (κ2) is 11.7. The molecule has 1 heterocycles. The Morgan fingerprint density at radius 2 is 1.75 bits per heavy atom. The van der Waals surface area contributed by atoms with Crippen LogP contribution in [0.2, 0.25) is 0 Å². The van der Waals surface area contributed by atoms with Gasteiger partial charge in [0.2, 0.25) is 0 Å². The van der Waals surface area contributed by atoms with E-state index in [4.69, 9.17) is 21.2 Å². The highest BCUT2D eigenvalue weighted by Gasteiger charge is 2.20. The third-order valence-electron chi connectivity index (χ3n) is 4.06. The van der Waals surface area contributed by atoms with Crippen molar-refractivity contribution in [3.8, 4) is 11.1 Å². The molecule has 0 saturated carbocycles. The Bertz CT molecular complexity index is 771. The quantitative estimate of drug-likeness (QED) is 0.313. The zero-order chi connectivity index (χ0) is 21.1. The third kappa shape index (κ3) is 8.18. The number of pyridine rings is 1. The van der Waals surface area contributed by atoms with E-state index in [1.54, 1.807) is 0 Å². The number of hydrogen-bond acceptors (Lipinski definition) is 5. The largest absolute Gasteiger partial charge is 0.481 e. The summed E-state index contributed by atoms with van der Waals surface area (Å²) >= 11 is 0. The maximum atomic E-state index is 10.7. The number of hydrogen-bond donors (Lipinski definition) is 4. The molecular weight excluding hydrogens is 356 g/mol. The van der Waals surface area contributed by atoms with Crippen molar-refractivity contribution in [2.75, 3.05) is 0 Å². The molecule has 7 nitrogen and oxygen atoms in total. The fraction of sp³-hybridized carbons (Fsp3) is 0.381. The van der Waals surface area contributed by atoms with Crippen LogP contribution in [-0.2, 0) is 11.4 Å². The first-order valence-corrected chi connectivity index (χ1v) is 9.07. The molecule has 2 aromatic rings. The molecule has 1 atom stereocenters. The summed E-state index contributed by atoms with van der Waals surface area (Å²) in [6.07, 6.45) is 2.44. The minimum Gasteiger partial charge on any atom is -0.481 e. The van der Waals surface area contributed by atoms with Crippen LogP contribution in [0.5, 0.6) is 0 Å². The van der Waals surface area contributed by atoms with Crippen molar-refractivity contribution in [2.45, 2.75) is 40.2 Å². The smallest absolute Gasteiger partial charge is 0.306 e. The van der Waals surface area contributed by atoms with Gasteiger partial charge in [0.1, 0.15) is 5.84 Å². The molecule has 0 bridgehead atoms. The first-order chi connectivity index (χ1) is 13.3. The van der Waals surface area contributed by atoms with Gasteiger partial charge in [-0.05, 0) is 36.5 Å². The predicted molar refractivity (Wildman–Crippen MR) is 108 cm³/mol. The molecule has 1 aromatic carbocycles. The Kier molecular flexibility index (Phi) is 9.67. The van der Waals surface area contributed by atoms with Crippen LogP contribution >= 0.6 is 0 Å². The Labute approximate surface area is 165 Å². The van der Waals surface area contributed by atoms with Crippen LogP contribution in [0.1, 0.15) is 37.9 Å². The van der Waals surface area contributed by atoms with Gasteiger partial charge in [0.15, 0.2) is 0 Å². The summed E-state index contributed by atoms with van der Waals surface area (Å²) in [5.74, 6) is -1.39.